The van der Waals surface area contributed by atoms with Gasteiger partial charge in [0, 0.05) is 36.1 Å². The Bertz CT molecular complexity index is 788. The number of benzene rings is 2. The molecule has 24 heavy (non-hydrogen) atoms. The van der Waals surface area contributed by atoms with Crippen LogP contribution >= 0.6 is 12.2 Å². The van der Waals surface area contributed by atoms with Gasteiger partial charge in [0.15, 0.2) is 5.11 Å². The monoisotopic (exact) mass is 333 g/mol. The van der Waals surface area contributed by atoms with Crippen molar-refractivity contribution < 1.29 is 0 Å². The Morgan fingerprint density at radius 1 is 0.875 bits per heavy atom. The van der Waals surface area contributed by atoms with E-state index < -0.39 is 0 Å². The third kappa shape index (κ3) is 4.40. The minimum atomic E-state index is 0.620. The van der Waals surface area contributed by atoms with Gasteiger partial charge in [-0.05, 0) is 36.0 Å². The first-order chi connectivity index (χ1) is 11.8. The van der Waals surface area contributed by atoms with Crippen LogP contribution in [-0.2, 0) is 6.42 Å². The molecule has 0 aliphatic carbocycles. The maximum Gasteiger partial charge on any atom is 0.170 e. The van der Waals surface area contributed by atoms with E-state index in [9.17, 15) is 0 Å². The van der Waals surface area contributed by atoms with Crippen LogP contribution in [0.2, 0.25) is 0 Å². The molecule has 0 radical (unpaired) electrons. The highest BCUT2D eigenvalue weighted by Gasteiger charge is 2.05. The third-order valence-electron chi connectivity index (χ3n) is 3.65. The van der Waals surface area contributed by atoms with Crippen LogP contribution in [0.25, 0.3) is 11.1 Å². The highest BCUT2D eigenvalue weighted by molar-refractivity contribution is 7.80. The number of nitrogens with zero attached hydrogens (tertiary/aromatic N) is 1. The highest BCUT2D eigenvalue weighted by Crippen LogP contribution is 2.27. The smallest absolute Gasteiger partial charge is 0.170 e. The molecule has 0 fully saturated rings. The van der Waals surface area contributed by atoms with Crippen LogP contribution in [0.4, 0.5) is 5.69 Å². The molecule has 120 valence electrons. The summed E-state index contributed by atoms with van der Waals surface area (Å²) in [4.78, 5) is 4.31. The van der Waals surface area contributed by atoms with Gasteiger partial charge in [-0.3, -0.25) is 4.98 Å². The molecule has 0 unspecified atom stereocenters. The summed E-state index contributed by atoms with van der Waals surface area (Å²) in [5, 5.41) is 7.15. The molecule has 2 aromatic carbocycles. The maximum absolute atomic E-state index is 5.42. The van der Waals surface area contributed by atoms with Gasteiger partial charge in [0.05, 0.1) is 0 Å². The zero-order chi connectivity index (χ0) is 16.6. The lowest BCUT2D eigenvalue weighted by molar-refractivity contribution is 0.847. The second-order valence-electron chi connectivity index (χ2n) is 5.36. The van der Waals surface area contributed by atoms with Crippen molar-refractivity contribution in [3.05, 3.63) is 84.7 Å². The Labute approximate surface area is 147 Å². The molecule has 2 N–H and O–H groups in total. The number of para-hydroxylation sites is 1. The van der Waals surface area contributed by atoms with Crippen LogP contribution in [0.5, 0.6) is 0 Å². The molecule has 4 heteroatoms. The van der Waals surface area contributed by atoms with E-state index in [0.717, 1.165) is 35.5 Å². The lowest BCUT2D eigenvalue weighted by Gasteiger charge is -2.14. The van der Waals surface area contributed by atoms with E-state index in [-0.39, 0.29) is 0 Å². The summed E-state index contributed by atoms with van der Waals surface area (Å²) in [6, 6.07) is 24.4. The molecular formula is C20H19N3S. The zero-order valence-electron chi connectivity index (χ0n) is 13.3. The minimum Gasteiger partial charge on any atom is -0.362 e. The van der Waals surface area contributed by atoms with Crippen molar-refractivity contribution in [1.82, 2.24) is 10.3 Å². The van der Waals surface area contributed by atoms with Gasteiger partial charge < -0.3 is 10.6 Å². The van der Waals surface area contributed by atoms with Crippen molar-refractivity contribution >= 4 is 23.0 Å². The lowest BCUT2D eigenvalue weighted by Crippen LogP contribution is -2.30. The first-order valence-electron chi connectivity index (χ1n) is 7.92. The normalized spacial score (nSPS) is 10.2. The first kappa shape index (κ1) is 16.1. The Morgan fingerprint density at radius 3 is 2.42 bits per heavy atom. The summed E-state index contributed by atoms with van der Waals surface area (Å²) in [6.45, 7) is 0.746. The molecule has 1 heterocycles. The van der Waals surface area contributed by atoms with E-state index in [4.69, 9.17) is 12.2 Å². The van der Waals surface area contributed by atoms with Crippen molar-refractivity contribution in [3.8, 4) is 11.1 Å². The van der Waals surface area contributed by atoms with Gasteiger partial charge in [-0.1, -0.05) is 54.6 Å². The summed E-state index contributed by atoms with van der Waals surface area (Å²) >= 11 is 5.42. The van der Waals surface area contributed by atoms with Gasteiger partial charge in [0.1, 0.15) is 0 Å². The number of hydrogen-bond acceptors (Lipinski definition) is 2. The summed E-state index contributed by atoms with van der Waals surface area (Å²) < 4.78 is 0. The number of anilines is 1. The Kier molecular flexibility index (Phi) is 5.53. The van der Waals surface area contributed by atoms with Gasteiger partial charge >= 0.3 is 0 Å². The largest absolute Gasteiger partial charge is 0.362 e. The standard InChI is InChI=1S/C20H19N3S/c24-20(22-15-13-17-10-6-7-14-21-17)23-19-12-5-4-11-18(19)16-8-2-1-3-9-16/h1-12,14H,13,15H2,(H2,22,23,24). The van der Waals surface area contributed by atoms with Gasteiger partial charge in [-0.2, -0.15) is 0 Å². The summed E-state index contributed by atoms with van der Waals surface area (Å²) in [6.07, 6.45) is 2.64. The zero-order valence-corrected chi connectivity index (χ0v) is 14.1. The van der Waals surface area contributed by atoms with E-state index >= 15 is 0 Å². The Balaban J connectivity index is 1.61. The van der Waals surface area contributed by atoms with Crippen LogP contribution in [0, 0.1) is 0 Å². The number of aromatic nitrogens is 1. The van der Waals surface area contributed by atoms with E-state index in [0.29, 0.717) is 5.11 Å². The Morgan fingerprint density at radius 2 is 1.62 bits per heavy atom. The van der Waals surface area contributed by atoms with Gasteiger partial charge in [-0.25, -0.2) is 0 Å². The fraction of sp³-hybridized carbons (Fsp3) is 0.100. The number of pyridine rings is 1. The molecule has 0 spiro atoms. The van der Waals surface area contributed by atoms with Gasteiger partial charge in [0.25, 0.3) is 0 Å². The minimum absolute atomic E-state index is 0.620. The second kappa shape index (κ2) is 8.22. The van der Waals surface area contributed by atoms with Crippen LogP contribution in [0.1, 0.15) is 5.69 Å². The van der Waals surface area contributed by atoms with Crippen LogP contribution in [-0.4, -0.2) is 16.6 Å². The third-order valence-corrected chi connectivity index (χ3v) is 3.90. The predicted octanol–water partition coefficient (Wildman–Crippen LogP) is 4.28. The molecule has 0 saturated carbocycles. The van der Waals surface area contributed by atoms with E-state index in [1.807, 2.05) is 60.8 Å². The molecule has 3 rings (SSSR count). The fourth-order valence-corrected chi connectivity index (χ4v) is 2.69. The molecule has 0 aliphatic heterocycles. The average molecular weight is 333 g/mol. The highest BCUT2D eigenvalue weighted by atomic mass is 32.1. The number of nitrogens with one attached hydrogen (secondary N) is 2. The number of rotatable bonds is 5. The quantitative estimate of drug-likeness (QED) is 0.684. The molecule has 3 aromatic rings. The number of hydrogen-bond donors (Lipinski definition) is 2. The Hall–Kier alpha value is -2.72. The van der Waals surface area contributed by atoms with Crippen molar-refractivity contribution in [2.24, 2.45) is 0 Å². The lowest BCUT2D eigenvalue weighted by atomic mass is 10.0. The predicted molar refractivity (Wildman–Crippen MR) is 104 cm³/mol. The van der Waals surface area contributed by atoms with Crippen LogP contribution < -0.4 is 10.6 Å². The van der Waals surface area contributed by atoms with Crippen molar-refractivity contribution in [2.75, 3.05) is 11.9 Å². The van der Waals surface area contributed by atoms with E-state index in [1.54, 1.807) is 0 Å². The van der Waals surface area contributed by atoms with Crippen molar-refractivity contribution in [1.29, 1.82) is 0 Å². The molecular weight excluding hydrogens is 314 g/mol. The molecule has 0 amide bonds. The first-order valence-corrected chi connectivity index (χ1v) is 8.33. The van der Waals surface area contributed by atoms with E-state index in [2.05, 4.69) is 33.8 Å². The maximum atomic E-state index is 5.42. The fourth-order valence-electron chi connectivity index (χ4n) is 2.48. The summed E-state index contributed by atoms with van der Waals surface area (Å²) in [5.41, 5.74) is 4.35. The topological polar surface area (TPSA) is 37.0 Å². The SMILES string of the molecule is S=C(NCCc1ccccn1)Nc1ccccc1-c1ccccc1. The molecule has 0 bridgehead atoms. The average Bonchev–Trinajstić information content (AvgIpc) is 2.64. The van der Waals surface area contributed by atoms with E-state index in [1.165, 1.54) is 0 Å². The van der Waals surface area contributed by atoms with Crippen molar-refractivity contribution in [3.63, 3.8) is 0 Å². The summed E-state index contributed by atoms with van der Waals surface area (Å²) in [5.74, 6) is 0. The molecule has 0 saturated heterocycles. The van der Waals surface area contributed by atoms with Gasteiger partial charge in [0.2, 0.25) is 0 Å². The van der Waals surface area contributed by atoms with Crippen molar-refractivity contribution in [2.45, 2.75) is 6.42 Å². The molecule has 0 atom stereocenters. The number of thiocarbonyl (C=S) groups is 1. The molecule has 0 aliphatic rings. The summed E-state index contributed by atoms with van der Waals surface area (Å²) in [7, 11) is 0. The second-order valence-corrected chi connectivity index (χ2v) is 5.77. The van der Waals surface area contributed by atoms with Crippen LogP contribution in [0.15, 0.2) is 79.0 Å². The molecule has 1 aromatic heterocycles. The molecule has 3 nitrogen and oxygen atoms in total. The van der Waals surface area contributed by atoms with Gasteiger partial charge in [-0.15, -0.1) is 0 Å². The van der Waals surface area contributed by atoms with Crippen LogP contribution in [0.3, 0.4) is 0 Å².